The van der Waals surface area contributed by atoms with Gasteiger partial charge in [-0.25, -0.2) is 8.42 Å². The maximum atomic E-state index is 12.2. The van der Waals surface area contributed by atoms with Gasteiger partial charge in [0, 0.05) is 18.5 Å². The molecule has 2 aromatic carbocycles. The number of likely N-dealkylation sites (N-methyl/N-ethyl adjacent to an activating group) is 1. The first-order valence-electron chi connectivity index (χ1n) is 8.38. The molecule has 0 saturated carbocycles. The third kappa shape index (κ3) is 5.97. The second kappa shape index (κ2) is 9.57. The smallest absolute Gasteiger partial charge is 0.244 e. The molecule has 0 unspecified atom stereocenters. The predicted molar refractivity (Wildman–Crippen MR) is 107 cm³/mol. The van der Waals surface area contributed by atoms with Gasteiger partial charge in [-0.1, -0.05) is 29.8 Å². The summed E-state index contributed by atoms with van der Waals surface area (Å²) in [6.07, 6.45) is -0.221. The van der Waals surface area contributed by atoms with Crippen molar-refractivity contribution in [2.45, 2.75) is 11.3 Å². The predicted octanol–water partition coefficient (Wildman–Crippen LogP) is 2.61. The molecule has 7 nitrogen and oxygen atoms in total. The van der Waals surface area contributed by atoms with Crippen molar-refractivity contribution in [1.82, 2.24) is 4.90 Å². The molecule has 0 radical (unpaired) electrons. The third-order valence-electron chi connectivity index (χ3n) is 3.93. The van der Waals surface area contributed by atoms with Crippen molar-refractivity contribution in [2.24, 2.45) is 0 Å². The number of ether oxygens (including phenoxy) is 1. The molecular formula is C19H21ClN2O5S. The lowest BCUT2D eigenvalue weighted by atomic mass is 10.3. The van der Waals surface area contributed by atoms with Crippen molar-refractivity contribution in [3.63, 3.8) is 0 Å². The Bertz CT molecular complexity index is 948. The summed E-state index contributed by atoms with van der Waals surface area (Å²) >= 11 is 5.92. The van der Waals surface area contributed by atoms with Crippen molar-refractivity contribution < 1.29 is 22.7 Å². The molecular weight excluding hydrogens is 404 g/mol. The number of nitrogens with one attached hydrogen (secondary N) is 1. The lowest BCUT2D eigenvalue weighted by Crippen LogP contribution is -2.35. The van der Waals surface area contributed by atoms with Crippen molar-refractivity contribution >= 4 is 38.9 Å². The van der Waals surface area contributed by atoms with Gasteiger partial charge in [0.2, 0.25) is 11.8 Å². The van der Waals surface area contributed by atoms with Crippen LogP contribution in [0.4, 0.5) is 5.69 Å². The molecule has 28 heavy (non-hydrogen) atoms. The van der Waals surface area contributed by atoms with Gasteiger partial charge in [0.15, 0.2) is 9.84 Å². The molecule has 1 N–H and O–H groups in total. The van der Waals surface area contributed by atoms with Crippen LogP contribution in [0.2, 0.25) is 5.02 Å². The summed E-state index contributed by atoms with van der Waals surface area (Å²) in [5.41, 5.74) is 0.382. The highest BCUT2D eigenvalue weighted by atomic mass is 35.5. The molecule has 0 fully saturated rings. The fourth-order valence-electron chi connectivity index (χ4n) is 2.43. The first-order valence-corrected chi connectivity index (χ1v) is 10.4. The average molecular weight is 425 g/mol. The zero-order valence-corrected chi connectivity index (χ0v) is 17.1. The van der Waals surface area contributed by atoms with Gasteiger partial charge in [-0.2, -0.15) is 0 Å². The Morgan fingerprint density at radius 2 is 1.82 bits per heavy atom. The number of benzene rings is 2. The second-order valence-electron chi connectivity index (χ2n) is 6.02. The van der Waals surface area contributed by atoms with Gasteiger partial charge in [0.1, 0.15) is 5.75 Å². The molecule has 0 bridgehead atoms. The van der Waals surface area contributed by atoms with Crippen molar-refractivity contribution in [3.05, 3.63) is 53.6 Å². The molecule has 2 amide bonds. The molecule has 150 valence electrons. The van der Waals surface area contributed by atoms with Crippen LogP contribution < -0.4 is 10.1 Å². The van der Waals surface area contributed by atoms with Gasteiger partial charge in [-0.05, 0) is 30.3 Å². The summed E-state index contributed by atoms with van der Waals surface area (Å²) < 4.78 is 29.6. The Hall–Kier alpha value is -2.58. The van der Waals surface area contributed by atoms with Crippen LogP contribution in [0.15, 0.2) is 53.4 Å². The minimum Gasteiger partial charge on any atom is -0.495 e. The van der Waals surface area contributed by atoms with Gasteiger partial charge in [-0.3, -0.25) is 9.59 Å². The largest absolute Gasteiger partial charge is 0.495 e. The van der Waals surface area contributed by atoms with E-state index >= 15 is 0 Å². The number of amides is 2. The van der Waals surface area contributed by atoms with E-state index in [-0.39, 0.29) is 23.6 Å². The molecule has 2 rings (SSSR count). The Morgan fingerprint density at radius 3 is 2.46 bits per heavy atom. The summed E-state index contributed by atoms with van der Waals surface area (Å²) in [4.78, 5) is 25.8. The number of carbonyl (C=O) groups excluding carboxylic acids is 2. The van der Waals surface area contributed by atoms with E-state index in [1.54, 1.807) is 30.3 Å². The van der Waals surface area contributed by atoms with Gasteiger partial charge >= 0.3 is 0 Å². The van der Waals surface area contributed by atoms with Crippen LogP contribution in [-0.2, 0) is 19.4 Å². The Labute approximate surface area is 169 Å². The maximum Gasteiger partial charge on any atom is 0.244 e. The Kier molecular flexibility index (Phi) is 7.42. The minimum atomic E-state index is -3.56. The molecule has 0 heterocycles. The highest BCUT2D eigenvalue weighted by Crippen LogP contribution is 2.27. The van der Waals surface area contributed by atoms with E-state index in [0.717, 1.165) is 0 Å². The molecule has 0 aliphatic carbocycles. The van der Waals surface area contributed by atoms with Crippen LogP contribution in [0.5, 0.6) is 5.75 Å². The number of hydrogen-bond acceptors (Lipinski definition) is 5. The Morgan fingerprint density at radius 1 is 1.14 bits per heavy atom. The molecule has 0 saturated heterocycles. The molecule has 0 spiro atoms. The van der Waals surface area contributed by atoms with E-state index in [1.807, 2.05) is 0 Å². The van der Waals surface area contributed by atoms with Crippen LogP contribution in [0, 0.1) is 0 Å². The quantitative estimate of drug-likeness (QED) is 0.703. The van der Waals surface area contributed by atoms with E-state index in [4.69, 9.17) is 16.3 Å². The first kappa shape index (κ1) is 21.7. The van der Waals surface area contributed by atoms with E-state index < -0.39 is 21.7 Å². The second-order valence-corrected chi connectivity index (χ2v) is 8.57. The van der Waals surface area contributed by atoms with Crippen LogP contribution in [0.1, 0.15) is 6.42 Å². The summed E-state index contributed by atoms with van der Waals surface area (Å²) in [6, 6.07) is 12.7. The van der Waals surface area contributed by atoms with Gasteiger partial charge in [0.25, 0.3) is 0 Å². The fourth-order valence-corrected chi connectivity index (χ4v) is 3.85. The fraction of sp³-hybridized carbons (Fsp3) is 0.263. The molecule has 0 aliphatic heterocycles. The molecule has 0 aliphatic rings. The van der Waals surface area contributed by atoms with Crippen molar-refractivity contribution in [1.29, 1.82) is 0 Å². The number of rotatable bonds is 8. The lowest BCUT2D eigenvalue weighted by Gasteiger charge is -2.17. The van der Waals surface area contributed by atoms with Gasteiger partial charge in [0.05, 0.1) is 30.0 Å². The number of hydrogen-bond donors (Lipinski definition) is 1. The van der Waals surface area contributed by atoms with E-state index in [0.29, 0.717) is 16.5 Å². The number of sulfone groups is 1. The van der Waals surface area contributed by atoms with Crippen LogP contribution in [0.3, 0.4) is 0 Å². The number of anilines is 1. The third-order valence-corrected chi connectivity index (χ3v) is 5.90. The average Bonchev–Trinajstić information content (AvgIpc) is 2.67. The van der Waals surface area contributed by atoms with E-state index in [9.17, 15) is 18.0 Å². The topological polar surface area (TPSA) is 92.8 Å². The van der Waals surface area contributed by atoms with Crippen LogP contribution >= 0.6 is 11.6 Å². The first-order chi connectivity index (χ1) is 13.2. The SMILES string of the molecule is COc1ccc(Cl)cc1NC(=O)CN(C)C(=O)CCS(=O)(=O)c1ccccc1. The van der Waals surface area contributed by atoms with E-state index in [2.05, 4.69) is 5.32 Å². The highest BCUT2D eigenvalue weighted by molar-refractivity contribution is 7.91. The minimum absolute atomic E-state index is 0.163. The monoisotopic (exact) mass is 424 g/mol. The van der Waals surface area contributed by atoms with Gasteiger partial charge < -0.3 is 15.0 Å². The molecule has 0 atom stereocenters. The highest BCUT2D eigenvalue weighted by Gasteiger charge is 2.19. The molecule has 2 aromatic rings. The molecule has 0 aromatic heterocycles. The normalized spacial score (nSPS) is 11.0. The zero-order valence-electron chi connectivity index (χ0n) is 15.5. The Balaban J connectivity index is 1.92. The van der Waals surface area contributed by atoms with Gasteiger partial charge in [-0.15, -0.1) is 0 Å². The lowest BCUT2D eigenvalue weighted by molar-refractivity contribution is -0.132. The summed E-state index contributed by atoms with van der Waals surface area (Å²) in [7, 11) is -0.662. The summed E-state index contributed by atoms with van der Waals surface area (Å²) in [5, 5.41) is 3.05. The number of nitrogens with zero attached hydrogens (tertiary/aromatic N) is 1. The van der Waals surface area contributed by atoms with Crippen LogP contribution in [0.25, 0.3) is 0 Å². The summed E-state index contributed by atoms with van der Waals surface area (Å²) in [5.74, 6) is -0.806. The maximum absolute atomic E-state index is 12.2. The van der Waals surface area contributed by atoms with E-state index in [1.165, 1.54) is 37.3 Å². The molecule has 9 heteroatoms. The zero-order chi connectivity index (χ0) is 20.7. The number of methoxy groups -OCH3 is 1. The number of halogens is 1. The standard InChI is InChI=1S/C19H21ClN2O5S/c1-22(13-18(23)21-16-12-14(20)8-9-17(16)27-2)19(24)10-11-28(25,26)15-6-4-3-5-7-15/h3-9,12H,10-11,13H2,1-2H3,(H,21,23). The van der Waals surface area contributed by atoms with Crippen molar-refractivity contribution in [3.8, 4) is 5.75 Å². The van der Waals surface area contributed by atoms with Crippen molar-refractivity contribution in [2.75, 3.05) is 31.8 Å². The number of carbonyl (C=O) groups is 2. The van der Waals surface area contributed by atoms with Crippen LogP contribution in [-0.4, -0.2) is 51.6 Å². The summed E-state index contributed by atoms with van der Waals surface area (Å²) in [6.45, 7) is -0.236.